The lowest BCUT2D eigenvalue weighted by Gasteiger charge is -2.16. The molecule has 0 spiro atoms. The van der Waals surface area contributed by atoms with Crippen LogP contribution in [-0.2, 0) is 6.54 Å². The Labute approximate surface area is 129 Å². The average molecular weight is 307 g/mol. The number of benzene rings is 1. The number of aryl methyl sites for hydroxylation is 2. The molecule has 0 saturated carbocycles. The van der Waals surface area contributed by atoms with Crippen molar-refractivity contribution < 1.29 is 4.79 Å². The van der Waals surface area contributed by atoms with E-state index in [1.807, 2.05) is 32.0 Å². The third-order valence-corrected chi connectivity index (χ3v) is 3.75. The van der Waals surface area contributed by atoms with Crippen LogP contribution in [0, 0.1) is 6.92 Å². The number of halogens is 1. The van der Waals surface area contributed by atoms with Crippen LogP contribution in [-0.4, -0.2) is 15.7 Å². The van der Waals surface area contributed by atoms with Crippen LogP contribution in [0.2, 0.25) is 5.02 Å². The number of nitrogen functional groups attached to an aromatic ring is 1. The van der Waals surface area contributed by atoms with Crippen LogP contribution in [0.4, 0.5) is 5.69 Å². The quantitative estimate of drug-likeness (QED) is 0.912. The molecule has 21 heavy (non-hydrogen) atoms. The summed E-state index contributed by atoms with van der Waals surface area (Å²) in [4.78, 5) is 12.5. The number of carbonyl (C=O) groups is 1. The zero-order chi connectivity index (χ0) is 15.6. The molecule has 0 radical (unpaired) electrons. The van der Waals surface area contributed by atoms with E-state index in [0.717, 1.165) is 5.56 Å². The van der Waals surface area contributed by atoms with Gasteiger partial charge in [0.1, 0.15) is 5.69 Å². The van der Waals surface area contributed by atoms with Crippen molar-refractivity contribution in [3.8, 4) is 0 Å². The average Bonchev–Trinajstić information content (AvgIpc) is 2.74. The van der Waals surface area contributed by atoms with Crippen molar-refractivity contribution in [1.29, 1.82) is 0 Å². The van der Waals surface area contributed by atoms with Gasteiger partial charge in [-0.25, -0.2) is 0 Å². The Morgan fingerprint density at radius 3 is 2.76 bits per heavy atom. The highest BCUT2D eigenvalue weighted by Crippen LogP contribution is 2.23. The van der Waals surface area contributed by atoms with Gasteiger partial charge in [-0.1, -0.05) is 29.8 Å². The van der Waals surface area contributed by atoms with Gasteiger partial charge >= 0.3 is 0 Å². The summed E-state index contributed by atoms with van der Waals surface area (Å²) in [6.07, 6.45) is 0. The Hall–Kier alpha value is -2.01. The summed E-state index contributed by atoms with van der Waals surface area (Å²) in [7, 11) is 0. The molecule has 0 aliphatic heterocycles. The molecule has 1 heterocycles. The van der Waals surface area contributed by atoms with Crippen LogP contribution in [0.3, 0.4) is 0 Å². The lowest BCUT2D eigenvalue weighted by molar-refractivity contribution is 0.0930. The van der Waals surface area contributed by atoms with E-state index in [1.165, 1.54) is 0 Å². The summed E-state index contributed by atoms with van der Waals surface area (Å²) in [5, 5.41) is 7.79. The third kappa shape index (κ3) is 3.03. The number of rotatable bonds is 4. The third-order valence-electron chi connectivity index (χ3n) is 3.41. The Morgan fingerprint density at radius 1 is 1.48 bits per heavy atom. The second kappa shape index (κ2) is 6.18. The summed E-state index contributed by atoms with van der Waals surface area (Å²) in [6.45, 7) is 6.17. The standard InChI is InChI=1S/C15H19ClN4O/c1-4-20-14(13(17)10(3)19-20)15(21)18-9(2)11-7-5-6-8-12(11)16/h5-9H,4,17H2,1-3H3,(H,18,21). The van der Waals surface area contributed by atoms with E-state index in [9.17, 15) is 4.79 Å². The smallest absolute Gasteiger partial charge is 0.272 e. The largest absolute Gasteiger partial charge is 0.395 e. The monoisotopic (exact) mass is 306 g/mol. The molecule has 1 amide bonds. The van der Waals surface area contributed by atoms with Gasteiger partial charge in [-0.3, -0.25) is 9.48 Å². The Kier molecular flexibility index (Phi) is 4.53. The molecule has 1 aromatic carbocycles. The first-order valence-electron chi connectivity index (χ1n) is 6.83. The Bertz CT molecular complexity index is 666. The molecule has 0 aliphatic rings. The minimum Gasteiger partial charge on any atom is -0.395 e. The van der Waals surface area contributed by atoms with E-state index in [-0.39, 0.29) is 11.9 Å². The van der Waals surface area contributed by atoms with Crippen LogP contribution in [0.15, 0.2) is 24.3 Å². The van der Waals surface area contributed by atoms with E-state index in [4.69, 9.17) is 17.3 Å². The number of anilines is 1. The summed E-state index contributed by atoms with van der Waals surface area (Å²) in [5.41, 5.74) is 8.29. The van der Waals surface area contributed by atoms with Crippen LogP contribution in [0.1, 0.15) is 41.6 Å². The molecule has 2 aromatic rings. The maximum absolute atomic E-state index is 12.5. The predicted octanol–water partition coefficient (Wildman–Crippen LogP) is 2.94. The fourth-order valence-electron chi connectivity index (χ4n) is 2.23. The number of hydrogen-bond acceptors (Lipinski definition) is 3. The van der Waals surface area contributed by atoms with Crippen molar-refractivity contribution in [2.75, 3.05) is 5.73 Å². The van der Waals surface area contributed by atoms with Gasteiger partial charge in [0.15, 0.2) is 0 Å². The van der Waals surface area contributed by atoms with E-state index in [0.29, 0.717) is 28.6 Å². The topological polar surface area (TPSA) is 72.9 Å². The maximum Gasteiger partial charge on any atom is 0.272 e. The Balaban J connectivity index is 2.24. The van der Waals surface area contributed by atoms with Crippen molar-refractivity contribution in [1.82, 2.24) is 15.1 Å². The number of hydrogen-bond donors (Lipinski definition) is 2. The number of amides is 1. The molecule has 6 heteroatoms. The van der Waals surface area contributed by atoms with Crippen LogP contribution in [0.25, 0.3) is 0 Å². The lowest BCUT2D eigenvalue weighted by atomic mass is 10.1. The number of aromatic nitrogens is 2. The van der Waals surface area contributed by atoms with Crippen LogP contribution < -0.4 is 11.1 Å². The van der Waals surface area contributed by atoms with E-state index in [2.05, 4.69) is 10.4 Å². The second-order valence-electron chi connectivity index (χ2n) is 4.88. The first-order chi connectivity index (χ1) is 9.95. The molecule has 3 N–H and O–H groups in total. The van der Waals surface area contributed by atoms with Crippen molar-refractivity contribution in [2.45, 2.75) is 33.4 Å². The van der Waals surface area contributed by atoms with Gasteiger partial charge in [-0.05, 0) is 32.4 Å². The number of nitrogens with zero attached hydrogens (tertiary/aromatic N) is 2. The lowest BCUT2D eigenvalue weighted by Crippen LogP contribution is -2.29. The molecular formula is C15H19ClN4O. The van der Waals surface area contributed by atoms with Gasteiger partial charge in [-0.15, -0.1) is 0 Å². The van der Waals surface area contributed by atoms with Crippen molar-refractivity contribution >= 4 is 23.2 Å². The van der Waals surface area contributed by atoms with Crippen molar-refractivity contribution in [3.05, 3.63) is 46.2 Å². The highest BCUT2D eigenvalue weighted by atomic mass is 35.5. The summed E-state index contributed by atoms with van der Waals surface area (Å²) in [5.74, 6) is -0.248. The molecule has 1 aromatic heterocycles. The Morgan fingerprint density at radius 2 is 2.14 bits per heavy atom. The highest BCUT2D eigenvalue weighted by molar-refractivity contribution is 6.31. The van der Waals surface area contributed by atoms with Crippen LogP contribution in [0.5, 0.6) is 0 Å². The highest BCUT2D eigenvalue weighted by Gasteiger charge is 2.21. The minimum absolute atomic E-state index is 0.217. The molecule has 0 fully saturated rings. The summed E-state index contributed by atoms with van der Waals surface area (Å²) < 4.78 is 1.61. The molecule has 112 valence electrons. The zero-order valence-electron chi connectivity index (χ0n) is 12.4. The number of nitrogens with two attached hydrogens (primary N) is 1. The second-order valence-corrected chi connectivity index (χ2v) is 5.29. The van der Waals surface area contributed by atoms with E-state index in [1.54, 1.807) is 17.7 Å². The van der Waals surface area contributed by atoms with E-state index >= 15 is 0 Å². The fraction of sp³-hybridized carbons (Fsp3) is 0.333. The van der Waals surface area contributed by atoms with Gasteiger partial charge in [-0.2, -0.15) is 5.10 Å². The summed E-state index contributed by atoms with van der Waals surface area (Å²) >= 11 is 6.15. The molecule has 2 rings (SSSR count). The molecule has 1 atom stereocenters. The van der Waals surface area contributed by atoms with Gasteiger partial charge in [0.2, 0.25) is 0 Å². The predicted molar refractivity (Wildman–Crippen MR) is 84.4 cm³/mol. The molecule has 5 nitrogen and oxygen atoms in total. The molecule has 0 saturated heterocycles. The first-order valence-corrected chi connectivity index (χ1v) is 7.21. The SMILES string of the molecule is CCn1nc(C)c(N)c1C(=O)NC(C)c1ccccc1Cl. The molecule has 1 unspecified atom stereocenters. The van der Waals surface area contributed by atoms with Gasteiger partial charge in [0.05, 0.1) is 17.4 Å². The minimum atomic E-state index is -0.248. The van der Waals surface area contributed by atoms with Gasteiger partial charge < -0.3 is 11.1 Å². The number of carbonyl (C=O) groups excluding carboxylic acids is 1. The molecular weight excluding hydrogens is 288 g/mol. The normalized spacial score (nSPS) is 12.2. The summed E-state index contributed by atoms with van der Waals surface area (Å²) in [6, 6.07) is 7.21. The van der Waals surface area contributed by atoms with Gasteiger partial charge in [0, 0.05) is 11.6 Å². The number of nitrogens with one attached hydrogen (secondary N) is 1. The van der Waals surface area contributed by atoms with Crippen LogP contribution >= 0.6 is 11.6 Å². The van der Waals surface area contributed by atoms with Crippen molar-refractivity contribution in [3.63, 3.8) is 0 Å². The molecule has 0 aliphatic carbocycles. The molecule has 0 bridgehead atoms. The fourth-order valence-corrected chi connectivity index (χ4v) is 2.53. The maximum atomic E-state index is 12.5. The zero-order valence-corrected chi connectivity index (χ0v) is 13.1. The first kappa shape index (κ1) is 15.4. The van der Waals surface area contributed by atoms with Gasteiger partial charge in [0.25, 0.3) is 5.91 Å². The van der Waals surface area contributed by atoms with Crippen molar-refractivity contribution in [2.24, 2.45) is 0 Å². The van der Waals surface area contributed by atoms with E-state index < -0.39 is 0 Å².